The van der Waals surface area contributed by atoms with Crippen LogP contribution in [0.4, 0.5) is 0 Å². The summed E-state index contributed by atoms with van der Waals surface area (Å²) in [6.07, 6.45) is 4.33. The highest BCUT2D eigenvalue weighted by Gasteiger charge is 2.28. The van der Waals surface area contributed by atoms with Gasteiger partial charge in [-0.2, -0.15) is 12.7 Å². The summed E-state index contributed by atoms with van der Waals surface area (Å²) in [5.74, 6) is 0. The summed E-state index contributed by atoms with van der Waals surface area (Å²) in [5.41, 5.74) is 1.19. The van der Waals surface area contributed by atoms with E-state index in [2.05, 4.69) is 21.8 Å². The van der Waals surface area contributed by atoms with Crippen molar-refractivity contribution in [1.82, 2.24) is 13.9 Å². The van der Waals surface area contributed by atoms with Crippen LogP contribution in [0.15, 0.2) is 30.3 Å². The minimum atomic E-state index is -3.34. The zero-order chi connectivity index (χ0) is 15.4. The van der Waals surface area contributed by atoms with E-state index in [0.717, 1.165) is 25.9 Å². The molecule has 0 bridgehead atoms. The first-order valence-electron chi connectivity index (χ1n) is 8.20. The Hall–Kier alpha value is -0.950. The number of benzene rings is 1. The quantitative estimate of drug-likeness (QED) is 0.868. The van der Waals surface area contributed by atoms with Gasteiger partial charge in [-0.05, 0) is 44.3 Å². The third-order valence-electron chi connectivity index (χ3n) is 4.63. The summed E-state index contributed by atoms with van der Waals surface area (Å²) in [4.78, 5) is 2.39. The topological polar surface area (TPSA) is 52.7 Å². The van der Waals surface area contributed by atoms with Crippen LogP contribution in [0.5, 0.6) is 0 Å². The van der Waals surface area contributed by atoms with Crippen molar-refractivity contribution < 1.29 is 8.42 Å². The molecule has 0 amide bonds. The normalized spacial score (nSPS) is 22.2. The van der Waals surface area contributed by atoms with Gasteiger partial charge in [-0.15, -0.1) is 0 Å². The maximum atomic E-state index is 12.4. The molecule has 2 aliphatic rings. The Kier molecular flexibility index (Phi) is 5.13. The molecule has 2 aliphatic heterocycles. The van der Waals surface area contributed by atoms with Gasteiger partial charge in [0.2, 0.25) is 0 Å². The standard InChI is InChI=1S/C16H25N3O2S/c20-22(21,19-12-6-7-13-19)17-14-16(18-10-4-5-11-18)15-8-2-1-3-9-15/h1-3,8-9,16-17H,4-7,10-14H2. The molecule has 1 aromatic carbocycles. The lowest BCUT2D eigenvalue weighted by molar-refractivity contribution is 0.245. The van der Waals surface area contributed by atoms with Crippen LogP contribution in [0.25, 0.3) is 0 Å². The number of nitrogens with zero attached hydrogens (tertiary/aromatic N) is 2. The summed E-state index contributed by atoms with van der Waals surface area (Å²) in [5, 5.41) is 0. The maximum Gasteiger partial charge on any atom is 0.279 e. The molecule has 122 valence electrons. The fourth-order valence-electron chi connectivity index (χ4n) is 3.39. The van der Waals surface area contributed by atoms with Crippen molar-refractivity contribution in [3.8, 4) is 0 Å². The minimum absolute atomic E-state index is 0.126. The second kappa shape index (κ2) is 7.08. The Labute approximate surface area is 133 Å². The zero-order valence-corrected chi connectivity index (χ0v) is 13.8. The molecule has 5 nitrogen and oxygen atoms in total. The average molecular weight is 323 g/mol. The van der Waals surface area contributed by atoms with E-state index in [4.69, 9.17) is 0 Å². The van der Waals surface area contributed by atoms with Crippen LogP contribution in [0, 0.1) is 0 Å². The zero-order valence-electron chi connectivity index (χ0n) is 12.9. The van der Waals surface area contributed by atoms with E-state index in [-0.39, 0.29) is 6.04 Å². The van der Waals surface area contributed by atoms with E-state index < -0.39 is 10.2 Å². The van der Waals surface area contributed by atoms with Crippen LogP contribution in [-0.2, 0) is 10.2 Å². The maximum absolute atomic E-state index is 12.4. The smallest absolute Gasteiger partial charge is 0.279 e. The summed E-state index contributed by atoms with van der Waals surface area (Å²) in [7, 11) is -3.34. The van der Waals surface area contributed by atoms with Crippen LogP contribution in [-0.4, -0.2) is 50.3 Å². The van der Waals surface area contributed by atoms with E-state index in [1.807, 2.05) is 18.2 Å². The Morgan fingerprint density at radius 3 is 2.18 bits per heavy atom. The van der Waals surface area contributed by atoms with Crippen LogP contribution in [0.3, 0.4) is 0 Å². The third kappa shape index (κ3) is 3.68. The number of hydrogen-bond acceptors (Lipinski definition) is 3. The molecule has 0 aliphatic carbocycles. The first-order chi connectivity index (χ1) is 10.7. The Balaban J connectivity index is 1.70. The second-order valence-corrected chi connectivity index (χ2v) is 7.88. The second-order valence-electron chi connectivity index (χ2n) is 6.13. The number of likely N-dealkylation sites (tertiary alicyclic amines) is 1. The fraction of sp³-hybridized carbons (Fsp3) is 0.625. The first kappa shape index (κ1) is 15.9. The van der Waals surface area contributed by atoms with E-state index in [9.17, 15) is 8.42 Å². The summed E-state index contributed by atoms with van der Waals surface area (Å²) in [6.45, 7) is 3.84. The molecule has 1 atom stereocenters. The van der Waals surface area contributed by atoms with E-state index >= 15 is 0 Å². The van der Waals surface area contributed by atoms with E-state index in [1.54, 1.807) is 4.31 Å². The highest BCUT2D eigenvalue weighted by atomic mass is 32.2. The Morgan fingerprint density at radius 2 is 1.55 bits per heavy atom. The molecule has 0 saturated carbocycles. The van der Waals surface area contributed by atoms with Crippen molar-refractivity contribution in [2.45, 2.75) is 31.7 Å². The highest BCUT2D eigenvalue weighted by molar-refractivity contribution is 7.87. The summed E-state index contributed by atoms with van der Waals surface area (Å²) in [6, 6.07) is 10.3. The molecule has 1 aromatic rings. The van der Waals surface area contributed by atoms with Gasteiger partial charge in [-0.1, -0.05) is 30.3 Å². The van der Waals surface area contributed by atoms with Crippen molar-refractivity contribution in [3.63, 3.8) is 0 Å². The van der Waals surface area contributed by atoms with Gasteiger partial charge in [-0.25, -0.2) is 4.72 Å². The van der Waals surface area contributed by atoms with Crippen LogP contribution < -0.4 is 4.72 Å². The number of hydrogen-bond donors (Lipinski definition) is 1. The van der Waals surface area contributed by atoms with Gasteiger partial charge in [0.25, 0.3) is 10.2 Å². The monoisotopic (exact) mass is 323 g/mol. The molecule has 3 rings (SSSR count). The van der Waals surface area contributed by atoms with Gasteiger partial charge in [0, 0.05) is 25.7 Å². The Bertz CT molecular complexity index is 564. The number of nitrogens with one attached hydrogen (secondary N) is 1. The fourth-order valence-corrected chi connectivity index (χ4v) is 4.68. The van der Waals surface area contributed by atoms with Crippen molar-refractivity contribution in [3.05, 3.63) is 35.9 Å². The van der Waals surface area contributed by atoms with Gasteiger partial charge in [0.1, 0.15) is 0 Å². The van der Waals surface area contributed by atoms with Gasteiger partial charge in [0.05, 0.1) is 0 Å². The van der Waals surface area contributed by atoms with E-state index in [0.29, 0.717) is 19.6 Å². The predicted molar refractivity (Wildman–Crippen MR) is 87.7 cm³/mol. The van der Waals surface area contributed by atoms with Crippen molar-refractivity contribution in [1.29, 1.82) is 0 Å². The van der Waals surface area contributed by atoms with E-state index in [1.165, 1.54) is 18.4 Å². The molecule has 6 heteroatoms. The molecule has 1 unspecified atom stereocenters. The molecule has 2 saturated heterocycles. The summed E-state index contributed by atoms with van der Waals surface area (Å²) >= 11 is 0. The molecule has 2 fully saturated rings. The van der Waals surface area contributed by atoms with Gasteiger partial charge < -0.3 is 0 Å². The molecule has 0 aromatic heterocycles. The van der Waals surface area contributed by atoms with Crippen molar-refractivity contribution in [2.75, 3.05) is 32.7 Å². The van der Waals surface area contributed by atoms with Gasteiger partial charge >= 0.3 is 0 Å². The molecule has 1 N–H and O–H groups in total. The van der Waals surface area contributed by atoms with Crippen molar-refractivity contribution in [2.24, 2.45) is 0 Å². The SMILES string of the molecule is O=S(=O)(NCC(c1ccccc1)N1CCCC1)N1CCCC1. The first-order valence-corrected chi connectivity index (χ1v) is 9.64. The average Bonchev–Trinajstić information content (AvgIpc) is 3.22. The summed E-state index contributed by atoms with van der Waals surface area (Å²) < 4.78 is 29.2. The van der Waals surface area contributed by atoms with Gasteiger partial charge in [-0.3, -0.25) is 4.90 Å². The van der Waals surface area contributed by atoms with Crippen LogP contribution in [0.1, 0.15) is 37.3 Å². The predicted octanol–water partition coefficient (Wildman–Crippen LogP) is 1.75. The lowest BCUT2D eigenvalue weighted by Crippen LogP contribution is -2.43. The Morgan fingerprint density at radius 1 is 0.955 bits per heavy atom. The largest absolute Gasteiger partial charge is 0.295 e. The number of rotatable bonds is 6. The van der Waals surface area contributed by atoms with Crippen LogP contribution >= 0.6 is 0 Å². The lowest BCUT2D eigenvalue weighted by Gasteiger charge is -2.29. The van der Waals surface area contributed by atoms with Gasteiger partial charge in [0.15, 0.2) is 0 Å². The molecule has 2 heterocycles. The molecule has 22 heavy (non-hydrogen) atoms. The highest BCUT2D eigenvalue weighted by Crippen LogP contribution is 2.25. The van der Waals surface area contributed by atoms with Crippen molar-refractivity contribution >= 4 is 10.2 Å². The molecule has 0 spiro atoms. The molecular weight excluding hydrogens is 298 g/mol. The minimum Gasteiger partial charge on any atom is -0.295 e. The van der Waals surface area contributed by atoms with Crippen LogP contribution in [0.2, 0.25) is 0 Å². The molecular formula is C16H25N3O2S. The third-order valence-corrected chi connectivity index (χ3v) is 6.21. The lowest BCUT2D eigenvalue weighted by atomic mass is 10.1. The molecule has 0 radical (unpaired) electrons.